The van der Waals surface area contributed by atoms with Crippen LogP contribution in [0.3, 0.4) is 0 Å². The molecular formula is C45H29N5. The highest BCUT2D eigenvalue weighted by molar-refractivity contribution is 6.13. The van der Waals surface area contributed by atoms with E-state index in [1.807, 2.05) is 30.3 Å². The minimum atomic E-state index is 0.655. The van der Waals surface area contributed by atoms with Crippen LogP contribution in [0.5, 0.6) is 0 Å². The van der Waals surface area contributed by atoms with Crippen LogP contribution in [0.15, 0.2) is 176 Å². The van der Waals surface area contributed by atoms with Crippen molar-refractivity contribution in [3.05, 3.63) is 176 Å². The molecule has 4 heterocycles. The van der Waals surface area contributed by atoms with Gasteiger partial charge in [0.15, 0.2) is 5.82 Å². The summed E-state index contributed by atoms with van der Waals surface area (Å²) in [4.78, 5) is 23.3. The average molecular weight is 640 g/mol. The van der Waals surface area contributed by atoms with E-state index in [1.54, 1.807) is 24.8 Å². The number of hydrogen-bond acceptors (Lipinski definition) is 5. The molecule has 9 aromatic rings. The molecule has 0 spiro atoms. The van der Waals surface area contributed by atoms with Crippen LogP contribution in [-0.2, 0) is 0 Å². The van der Waals surface area contributed by atoms with Gasteiger partial charge in [0.25, 0.3) is 0 Å². The van der Waals surface area contributed by atoms with Crippen molar-refractivity contribution in [1.82, 2.24) is 24.9 Å². The van der Waals surface area contributed by atoms with Crippen molar-refractivity contribution in [3.63, 3.8) is 0 Å². The minimum absolute atomic E-state index is 0.655. The molecule has 4 aromatic heterocycles. The van der Waals surface area contributed by atoms with Crippen molar-refractivity contribution in [2.75, 3.05) is 0 Å². The monoisotopic (exact) mass is 639 g/mol. The third-order valence-corrected chi connectivity index (χ3v) is 9.12. The molecule has 0 aliphatic rings. The SMILES string of the molecule is c1ccc(-c2cc(-c3ccc(-c4ccc(-c5cc(-c6ccncc6)nc(-c6ccncc6)n5)cc4)cc3)nc3ccc4ccccc4c23)cc1. The molecule has 5 aromatic carbocycles. The van der Waals surface area contributed by atoms with Crippen LogP contribution in [-0.4, -0.2) is 24.9 Å². The fourth-order valence-corrected chi connectivity index (χ4v) is 6.56. The van der Waals surface area contributed by atoms with Crippen molar-refractivity contribution < 1.29 is 0 Å². The van der Waals surface area contributed by atoms with Gasteiger partial charge in [-0.25, -0.2) is 15.0 Å². The molecule has 0 saturated carbocycles. The summed E-state index contributed by atoms with van der Waals surface area (Å²) in [6, 6.07) is 52.7. The summed E-state index contributed by atoms with van der Waals surface area (Å²) in [5.41, 5.74) is 12.2. The third kappa shape index (κ3) is 5.57. The molecule has 0 atom stereocenters. The average Bonchev–Trinajstić information content (AvgIpc) is 3.21. The highest BCUT2D eigenvalue weighted by atomic mass is 14.9. The normalized spacial score (nSPS) is 11.2. The van der Waals surface area contributed by atoms with E-state index in [-0.39, 0.29) is 0 Å². The molecule has 5 heteroatoms. The highest BCUT2D eigenvalue weighted by Gasteiger charge is 2.14. The standard InChI is InChI=1S/C45H29N5/c1-2-6-32(7-3-1)39-28-41(48-40-19-18-33-8-4-5-9-38(33)44(39)40)34-14-10-30(11-15-34)31-12-16-35(17-13-31)42-29-43(36-20-24-46-25-21-36)50-45(49-42)37-22-26-47-27-23-37/h1-29H. The molecule has 0 N–H and O–H groups in total. The van der Waals surface area contributed by atoms with Gasteiger partial charge in [0.05, 0.1) is 22.6 Å². The Bertz CT molecular complexity index is 2550. The van der Waals surface area contributed by atoms with Gasteiger partial charge in [-0.05, 0) is 75.5 Å². The highest BCUT2D eigenvalue weighted by Crippen LogP contribution is 2.37. The first-order valence-electron chi connectivity index (χ1n) is 16.6. The molecular weight excluding hydrogens is 611 g/mol. The van der Waals surface area contributed by atoms with Crippen LogP contribution in [0.25, 0.3) is 89.1 Å². The number of fused-ring (bicyclic) bond motifs is 3. The lowest BCUT2D eigenvalue weighted by atomic mass is 9.94. The predicted octanol–water partition coefficient (Wildman–Crippen LogP) is 11.0. The number of aromatic nitrogens is 5. The lowest BCUT2D eigenvalue weighted by Crippen LogP contribution is -1.96. The summed E-state index contributed by atoms with van der Waals surface area (Å²) >= 11 is 0. The van der Waals surface area contributed by atoms with Crippen LogP contribution in [0.2, 0.25) is 0 Å². The second kappa shape index (κ2) is 12.6. The Labute approximate surface area is 289 Å². The fourth-order valence-electron chi connectivity index (χ4n) is 6.56. The predicted molar refractivity (Wildman–Crippen MR) is 203 cm³/mol. The number of nitrogens with zero attached hydrogens (tertiary/aromatic N) is 5. The first-order valence-corrected chi connectivity index (χ1v) is 16.6. The summed E-state index contributed by atoms with van der Waals surface area (Å²) in [5.74, 6) is 0.655. The van der Waals surface area contributed by atoms with Crippen molar-refractivity contribution in [2.45, 2.75) is 0 Å². The summed E-state index contributed by atoms with van der Waals surface area (Å²) < 4.78 is 0. The molecule has 0 amide bonds. The molecule has 0 bridgehead atoms. The van der Waals surface area contributed by atoms with Crippen LogP contribution < -0.4 is 0 Å². The maximum atomic E-state index is 5.17. The van der Waals surface area contributed by atoms with E-state index < -0.39 is 0 Å². The van der Waals surface area contributed by atoms with Crippen molar-refractivity contribution in [3.8, 4) is 67.4 Å². The van der Waals surface area contributed by atoms with Gasteiger partial charge in [0.2, 0.25) is 0 Å². The van der Waals surface area contributed by atoms with Gasteiger partial charge in [-0.2, -0.15) is 0 Å². The second-order valence-corrected chi connectivity index (χ2v) is 12.2. The van der Waals surface area contributed by atoms with Gasteiger partial charge in [-0.3, -0.25) is 9.97 Å². The molecule has 0 fully saturated rings. The molecule has 0 unspecified atom stereocenters. The summed E-state index contributed by atoms with van der Waals surface area (Å²) in [7, 11) is 0. The number of rotatable bonds is 6. The summed E-state index contributed by atoms with van der Waals surface area (Å²) in [5, 5.41) is 3.61. The van der Waals surface area contributed by atoms with E-state index in [0.29, 0.717) is 5.82 Å². The van der Waals surface area contributed by atoms with E-state index in [9.17, 15) is 0 Å². The van der Waals surface area contributed by atoms with Gasteiger partial charge < -0.3 is 0 Å². The number of hydrogen-bond donors (Lipinski definition) is 0. The zero-order valence-electron chi connectivity index (χ0n) is 27.0. The van der Waals surface area contributed by atoms with E-state index in [2.05, 4.69) is 131 Å². The van der Waals surface area contributed by atoms with E-state index in [0.717, 1.165) is 56.0 Å². The molecule has 0 aliphatic heterocycles. The number of benzene rings is 5. The summed E-state index contributed by atoms with van der Waals surface area (Å²) in [6.07, 6.45) is 7.09. The number of pyridine rings is 3. The second-order valence-electron chi connectivity index (χ2n) is 12.2. The van der Waals surface area contributed by atoms with Gasteiger partial charge >= 0.3 is 0 Å². The zero-order chi connectivity index (χ0) is 33.3. The molecule has 0 radical (unpaired) electrons. The maximum Gasteiger partial charge on any atom is 0.160 e. The Balaban J connectivity index is 1.06. The Hall–Kier alpha value is -6.85. The minimum Gasteiger partial charge on any atom is -0.265 e. The van der Waals surface area contributed by atoms with Crippen molar-refractivity contribution in [2.24, 2.45) is 0 Å². The Morgan fingerprint density at radius 3 is 1.50 bits per heavy atom. The first-order chi connectivity index (χ1) is 24.8. The third-order valence-electron chi connectivity index (χ3n) is 9.12. The smallest absolute Gasteiger partial charge is 0.160 e. The molecule has 50 heavy (non-hydrogen) atoms. The van der Waals surface area contributed by atoms with Gasteiger partial charge in [-0.15, -0.1) is 0 Å². The quantitative estimate of drug-likeness (QED) is 0.169. The van der Waals surface area contributed by atoms with E-state index >= 15 is 0 Å². The molecule has 0 aliphatic carbocycles. The van der Waals surface area contributed by atoms with Crippen LogP contribution in [0, 0.1) is 0 Å². The maximum absolute atomic E-state index is 5.17. The molecule has 234 valence electrons. The summed E-state index contributed by atoms with van der Waals surface area (Å²) in [6.45, 7) is 0. The van der Waals surface area contributed by atoms with Crippen molar-refractivity contribution in [1.29, 1.82) is 0 Å². The van der Waals surface area contributed by atoms with Gasteiger partial charge in [0.1, 0.15) is 0 Å². The lowest BCUT2D eigenvalue weighted by molar-refractivity contribution is 1.17. The molecule has 0 saturated heterocycles. The van der Waals surface area contributed by atoms with Crippen LogP contribution >= 0.6 is 0 Å². The largest absolute Gasteiger partial charge is 0.265 e. The topological polar surface area (TPSA) is 64.5 Å². The Morgan fingerprint density at radius 1 is 0.340 bits per heavy atom. The molecule has 9 rings (SSSR count). The lowest BCUT2D eigenvalue weighted by Gasteiger charge is -2.13. The Kier molecular flexibility index (Phi) is 7.41. The van der Waals surface area contributed by atoms with Crippen LogP contribution in [0.1, 0.15) is 0 Å². The van der Waals surface area contributed by atoms with E-state index in [4.69, 9.17) is 15.0 Å². The van der Waals surface area contributed by atoms with Gasteiger partial charge in [-0.1, -0.05) is 109 Å². The van der Waals surface area contributed by atoms with Crippen molar-refractivity contribution >= 4 is 21.7 Å². The van der Waals surface area contributed by atoms with E-state index in [1.165, 1.54) is 27.3 Å². The fraction of sp³-hybridized carbons (Fsp3) is 0. The van der Waals surface area contributed by atoms with Crippen LogP contribution in [0.4, 0.5) is 0 Å². The first kappa shape index (κ1) is 29.3. The zero-order valence-corrected chi connectivity index (χ0v) is 27.0. The Morgan fingerprint density at radius 2 is 0.860 bits per heavy atom. The molecule has 5 nitrogen and oxygen atoms in total. The van der Waals surface area contributed by atoms with Gasteiger partial charge in [0, 0.05) is 52.4 Å².